The molecule has 1 fully saturated rings. The third-order valence-electron chi connectivity index (χ3n) is 5.67. The van der Waals surface area contributed by atoms with Crippen molar-refractivity contribution in [2.75, 3.05) is 19.0 Å². The van der Waals surface area contributed by atoms with E-state index >= 15 is 0 Å². The second-order valence-corrected chi connectivity index (χ2v) is 7.96. The quantitative estimate of drug-likeness (QED) is 0.678. The molecule has 0 aliphatic carbocycles. The van der Waals surface area contributed by atoms with E-state index in [1.165, 1.54) is 11.1 Å². The summed E-state index contributed by atoms with van der Waals surface area (Å²) in [6.45, 7) is 7.17. The van der Waals surface area contributed by atoms with Crippen LogP contribution in [-0.4, -0.2) is 24.6 Å². The molecular weight excluding hydrogens is 348 g/mol. The van der Waals surface area contributed by atoms with Crippen molar-refractivity contribution in [3.05, 3.63) is 59.2 Å². The maximum atomic E-state index is 13.3. The first-order chi connectivity index (χ1) is 13.5. The highest BCUT2D eigenvalue weighted by atomic mass is 16.5. The minimum Gasteiger partial charge on any atom is -0.497 e. The summed E-state index contributed by atoms with van der Waals surface area (Å²) in [7, 11) is 1.68. The monoisotopic (exact) mass is 380 g/mol. The first-order valence-corrected chi connectivity index (χ1v) is 10.3. The van der Waals surface area contributed by atoms with E-state index in [-0.39, 0.29) is 12.1 Å². The molecule has 28 heavy (non-hydrogen) atoms. The molecule has 0 unspecified atom stereocenters. The normalized spacial score (nSPS) is 17.3. The topological polar surface area (TPSA) is 41.6 Å². The number of benzene rings is 2. The highest BCUT2D eigenvalue weighted by Crippen LogP contribution is 2.33. The number of hydrogen-bond acceptors (Lipinski definition) is 2. The zero-order chi connectivity index (χ0) is 20.1. The Balaban J connectivity index is 1.87. The van der Waals surface area contributed by atoms with Crippen LogP contribution in [0, 0.1) is 6.92 Å². The van der Waals surface area contributed by atoms with Gasteiger partial charge in [0.2, 0.25) is 0 Å². The first-order valence-electron chi connectivity index (χ1n) is 10.3. The van der Waals surface area contributed by atoms with Crippen LogP contribution in [0.1, 0.15) is 68.2 Å². The third-order valence-corrected chi connectivity index (χ3v) is 5.67. The number of ether oxygens (including phenoxy) is 1. The zero-order valence-corrected chi connectivity index (χ0v) is 17.5. The lowest BCUT2D eigenvalue weighted by Crippen LogP contribution is -2.38. The van der Waals surface area contributed by atoms with Crippen LogP contribution in [0.15, 0.2) is 42.5 Å². The Kier molecular flexibility index (Phi) is 6.61. The molecule has 1 N–H and O–H groups in total. The van der Waals surface area contributed by atoms with E-state index in [4.69, 9.17) is 4.74 Å². The highest BCUT2D eigenvalue weighted by molar-refractivity contribution is 5.91. The van der Waals surface area contributed by atoms with Gasteiger partial charge < -0.3 is 15.0 Å². The molecule has 150 valence electrons. The lowest BCUT2D eigenvalue weighted by molar-refractivity contribution is 0.189. The fraction of sp³-hybridized carbons (Fsp3) is 0.458. The van der Waals surface area contributed by atoms with E-state index in [9.17, 15) is 4.79 Å². The van der Waals surface area contributed by atoms with Crippen molar-refractivity contribution < 1.29 is 9.53 Å². The minimum absolute atomic E-state index is 0.00100. The fourth-order valence-corrected chi connectivity index (χ4v) is 4.05. The van der Waals surface area contributed by atoms with Crippen molar-refractivity contribution >= 4 is 11.7 Å². The van der Waals surface area contributed by atoms with Crippen molar-refractivity contribution in [2.24, 2.45) is 0 Å². The Morgan fingerprint density at radius 2 is 1.86 bits per heavy atom. The van der Waals surface area contributed by atoms with Crippen molar-refractivity contribution in [2.45, 2.75) is 58.4 Å². The summed E-state index contributed by atoms with van der Waals surface area (Å²) in [5.74, 6) is 1.20. The van der Waals surface area contributed by atoms with Crippen molar-refractivity contribution in [1.82, 2.24) is 4.90 Å². The van der Waals surface area contributed by atoms with Crippen LogP contribution in [0.5, 0.6) is 5.75 Å². The lowest BCUT2D eigenvalue weighted by atomic mass is 9.98. The van der Waals surface area contributed by atoms with Crippen molar-refractivity contribution in [1.29, 1.82) is 0 Å². The average molecular weight is 381 g/mol. The lowest BCUT2D eigenvalue weighted by Gasteiger charge is -2.31. The summed E-state index contributed by atoms with van der Waals surface area (Å²) in [6.07, 6.45) is 4.34. The van der Waals surface area contributed by atoms with E-state index < -0.39 is 0 Å². The molecule has 0 bridgehead atoms. The molecule has 1 saturated heterocycles. The number of urea groups is 1. The van der Waals surface area contributed by atoms with E-state index in [0.717, 1.165) is 49.2 Å². The molecule has 0 aromatic heterocycles. The van der Waals surface area contributed by atoms with Gasteiger partial charge in [0.05, 0.1) is 13.2 Å². The average Bonchev–Trinajstić information content (AvgIpc) is 2.95. The third kappa shape index (κ3) is 4.49. The van der Waals surface area contributed by atoms with Crippen LogP contribution in [-0.2, 0) is 0 Å². The molecule has 1 atom stereocenters. The molecule has 0 spiro atoms. The van der Waals surface area contributed by atoms with E-state index in [1.54, 1.807) is 7.11 Å². The van der Waals surface area contributed by atoms with Crippen LogP contribution in [0.3, 0.4) is 0 Å². The molecule has 3 rings (SSSR count). The highest BCUT2D eigenvalue weighted by Gasteiger charge is 2.27. The van der Waals surface area contributed by atoms with E-state index in [0.29, 0.717) is 5.92 Å². The molecule has 0 radical (unpaired) electrons. The van der Waals surface area contributed by atoms with Gasteiger partial charge in [0.25, 0.3) is 0 Å². The number of amides is 2. The van der Waals surface area contributed by atoms with Crippen LogP contribution in [0.2, 0.25) is 0 Å². The summed E-state index contributed by atoms with van der Waals surface area (Å²) >= 11 is 0. The number of aryl methyl sites for hydroxylation is 1. The second-order valence-electron chi connectivity index (χ2n) is 7.96. The van der Waals surface area contributed by atoms with Gasteiger partial charge in [0.1, 0.15) is 5.75 Å². The van der Waals surface area contributed by atoms with Gasteiger partial charge in [-0.2, -0.15) is 0 Å². The van der Waals surface area contributed by atoms with Gasteiger partial charge >= 0.3 is 6.03 Å². The number of likely N-dealkylation sites (tertiary alicyclic amines) is 1. The standard InChI is InChI=1S/C24H32N2O2/c1-17(2)21-10-8-9-18(3)23(21)25-24(27)26-16-7-5-6-11-22(26)19-12-14-20(28-4)15-13-19/h8-10,12-15,17,22H,5-7,11,16H2,1-4H3,(H,25,27)/t22-/m0/s1. The Bertz CT molecular complexity index is 799. The zero-order valence-electron chi connectivity index (χ0n) is 17.5. The summed E-state index contributed by atoms with van der Waals surface area (Å²) in [6, 6.07) is 14.5. The van der Waals surface area contributed by atoms with Gasteiger partial charge in [-0.15, -0.1) is 0 Å². The molecule has 2 aromatic carbocycles. The fourth-order valence-electron chi connectivity index (χ4n) is 4.05. The number of nitrogens with zero attached hydrogens (tertiary/aromatic N) is 1. The van der Waals surface area contributed by atoms with Gasteiger partial charge in [-0.1, -0.05) is 57.0 Å². The molecule has 1 heterocycles. The van der Waals surface area contributed by atoms with Gasteiger partial charge in [-0.05, 0) is 54.5 Å². The Labute approximate surface area is 168 Å². The molecule has 1 aliphatic rings. The summed E-state index contributed by atoms with van der Waals surface area (Å²) in [5, 5.41) is 3.24. The van der Waals surface area contributed by atoms with Gasteiger partial charge in [0.15, 0.2) is 0 Å². The second kappa shape index (κ2) is 9.13. The summed E-state index contributed by atoms with van der Waals surface area (Å²) in [4.78, 5) is 15.4. The van der Waals surface area contributed by atoms with Gasteiger partial charge in [0, 0.05) is 12.2 Å². The van der Waals surface area contributed by atoms with Crippen LogP contribution >= 0.6 is 0 Å². The van der Waals surface area contributed by atoms with Crippen LogP contribution in [0.25, 0.3) is 0 Å². The molecule has 4 nitrogen and oxygen atoms in total. The molecule has 0 saturated carbocycles. The van der Waals surface area contributed by atoms with E-state index in [1.807, 2.05) is 17.0 Å². The molecule has 2 aromatic rings. The number of nitrogens with one attached hydrogen (secondary N) is 1. The molecule has 4 heteroatoms. The predicted molar refractivity (Wildman–Crippen MR) is 115 cm³/mol. The number of anilines is 1. The smallest absolute Gasteiger partial charge is 0.322 e. The van der Waals surface area contributed by atoms with E-state index in [2.05, 4.69) is 56.4 Å². The number of hydrogen-bond donors (Lipinski definition) is 1. The number of carbonyl (C=O) groups is 1. The largest absolute Gasteiger partial charge is 0.497 e. The van der Waals surface area contributed by atoms with Gasteiger partial charge in [-0.25, -0.2) is 4.79 Å². The summed E-state index contributed by atoms with van der Waals surface area (Å²) in [5.41, 5.74) is 4.42. The number of rotatable bonds is 4. The van der Waals surface area contributed by atoms with Gasteiger partial charge in [-0.3, -0.25) is 0 Å². The van der Waals surface area contributed by atoms with Crippen LogP contribution in [0.4, 0.5) is 10.5 Å². The molecule has 1 aliphatic heterocycles. The Morgan fingerprint density at radius 1 is 1.11 bits per heavy atom. The van der Waals surface area contributed by atoms with Crippen molar-refractivity contribution in [3.8, 4) is 5.75 Å². The number of carbonyl (C=O) groups excluding carboxylic acids is 1. The maximum Gasteiger partial charge on any atom is 0.322 e. The SMILES string of the molecule is COc1ccc([C@@H]2CCCCCN2C(=O)Nc2c(C)cccc2C(C)C)cc1. The summed E-state index contributed by atoms with van der Waals surface area (Å²) < 4.78 is 5.29. The number of methoxy groups -OCH3 is 1. The first kappa shape index (κ1) is 20.2. The molecule has 2 amide bonds. The Hall–Kier alpha value is -2.49. The molecular formula is C24H32N2O2. The minimum atomic E-state index is -0.00100. The maximum absolute atomic E-state index is 13.3. The Morgan fingerprint density at radius 3 is 2.54 bits per heavy atom. The van der Waals surface area contributed by atoms with Crippen LogP contribution < -0.4 is 10.1 Å². The van der Waals surface area contributed by atoms with Crippen molar-refractivity contribution in [3.63, 3.8) is 0 Å². The predicted octanol–water partition coefficient (Wildman–Crippen LogP) is 6.28. The number of para-hydroxylation sites is 1.